The minimum atomic E-state index is 0.545. The molecule has 0 radical (unpaired) electrons. The minimum absolute atomic E-state index is 0.545. The Kier molecular flexibility index (Phi) is 2.81. The lowest BCUT2D eigenvalue weighted by atomic mass is 10.1. The van der Waals surface area contributed by atoms with Crippen LogP contribution in [0.25, 0.3) is 22.8 Å². The summed E-state index contributed by atoms with van der Waals surface area (Å²) >= 11 is 0. The molecule has 5 nitrogen and oxygen atoms in total. The van der Waals surface area contributed by atoms with E-state index in [0.29, 0.717) is 24.9 Å². The van der Waals surface area contributed by atoms with E-state index in [0.717, 1.165) is 22.6 Å². The minimum Gasteiger partial charge on any atom is -0.486 e. The van der Waals surface area contributed by atoms with Crippen LogP contribution in [0.1, 0.15) is 0 Å². The van der Waals surface area contributed by atoms with Gasteiger partial charge in [-0.2, -0.15) is 5.10 Å². The van der Waals surface area contributed by atoms with Crippen LogP contribution in [0.2, 0.25) is 0 Å². The van der Waals surface area contributed by atoms with Crippen molar-refractivity contribution in [1.82, 2.24) is 15.2 Å². The van der Waals surface area contributed by atoms with Gasteiger partial charge in [-0.15, -0.1) is 0 Å². The first-order chi connectivity index (χ1) is 10.4. The molecule has 0 spiro atoms. The topological polar surface area (TPSA) is 60.0 Å². The monoisotopic (exact) mass is 279 g/mol. The number of benzene rings is 2. The summed E-state index contributed by atoms with van der Waals surface area (Å²) < 4.78 is 11.3. The molecule has 1 N–H and O–H groups in total. The predicted molar refractivity (Wildman–Crippen MR) is 78.2 cm³/mol. The third kappa shape index (κ3) is 2.12. The van der Waals surface area contributed by atoms with Crippen LogP contribution < -0.4 is 9.47 Å². The zero-order valence-electron chi connectivity index (χ0n) is 11.2. The van der Waals surface area contributed by atoms with E-state index < -0.39 is 0 Å². The number of rotatable bonds is 2. The Labute approximate surface area is 121 Å². The molecule has 0 aliphatic carbocycles. The van der Waals surface area contributed by atoms with Crippen LogP contribution in [-0.4, -0.2) is 28.4 Å². The summed E-state index contributed by atoms with van der Waals surface area (Å²) in [5.41, 5.74) is 1.84. The highest BCUT2D eigenvalue weighted by Gasteiger charge is 2.19. The second-order valence-electron chi connectivity index (χ2n) is 4.70. The zero-order chi connectivity index (χ0) is 14.1. The second kappa shape index (κ2) is 4.94. The van der Waals surface area contributed by atoms with Crippen molar-refractivity contribution in [2.75, 3.05) is 13.2 Å². The summed E-state index contributed by atoms with van der Waals surface area (Å²) in [7, 11) is 0. The Bertz CT molecular complexity index is 768. The van der Waals surface area contributed by atoms with Gasteiger partial charge in [0.2, 0.25) is 0 Å². The predicted octanol–water partition coefficient (Wildman–Crippen LogP) is 2.91. The van der Waals surface area contributed by atoms with Crippen LogP contribution in [-0.2, 0) is 0 Å². The normalized spacial score (nSPS) is 13.1. The van der Waals surface area contributed by atoms with Gasteiger partial charge in [0.25, 0.3) is 0 Å². The van der Waals surface area contributed by atoms with Gasteiger partial charge in [0.1, 0.15) is 13.2 Å². The van der Waals surface area contributed by atoms with E-state index in [2.05, 4.69) is 15.2 Å². The lowest BCUT2D eigenvalue weighted by Crippen LogP contribution is -2.15. The van der Waals surface area contributed by atoms with Gasteiger partial charge >= 0.3 is 0 Å². The third-order valence-corrected chi connectivity index (χ3v) is 3.34. The Balaban J connectivity index is 1.77. The standard InChI is InChI=1S/C16H13N3O2/c1-2-5-11(6-3-1)15-17-16(19-18-15)12-7-4-8-13-14(12)21-10-9-20-13/h1-8H,9-10H2,(H,17,18,19). The number of ether oxygens (including phenoxy) is 2. The van der Waals surface area contributed by atoms with Gasteiger partial charge < -0.3 is 9.47 Å². The van der Waals surface area contributed by atoms with Crippen LogP contribution in [0.4, 0.5) is 0 Å². The Hall–Kier alpha value is -2.82. The fourth-order valence-corrected chi connectivity index (χ4v) is 2.36. The molecular formula is C16H13N3O2. The number of nitrogens with zero attached hydrogens (tertiary/aromatic N) is 2. The van der Waals surface area contributed by atoms with Crippen LogP contribution in [0.3, 0.4) is 0 Å². The molecule has 4 rings (SSSR count). The first kappa shape index (κ1) is 12.0. The van der Waals surface area contributed by atoms with Crippen LogP contribution >= 0.6 is 0 Å². The van der Waals surface area contributed by atoms with Crippen molar-refractivity contribution >= 4 is 0 Å². The van der Waals surface area contributed by atoms with Gasteiger partial charge in [0.05, 0.1) is 5.56 Å². The molecule has 0 unspecified atom stereocenters. The molecule has 104 valence electrons. The van der Waals surface area contributed by atoms with Crippen molar-refractivity contribution in [1.29, 1.82) is 0 Å². The Morgan fingerprint density at radius 1 is 0.905 bits per heavy atom. The second-order valence-corrected chi connectivity index (χ2v) is 4.70. The average Bonchev–Trinajstić information content (AvgIpc) is 3.05. The number of nitrogens with one attached hydrogen (secondary N) is 1. The van der Waals surface area contributed by atoms with E-state index in [-0.39, 0.29) is 0 Å². The molecular weight excluding hydrogens is 266 g/mol. The van der Waals surface area contributed by atoms with E-state index in [4.69, 9.17) is 9.47 Å². The number of H-pyrrole nitrogens is 1. The van der Waals surface area contributed by atoms with Gasteiger partial charge in [-0.1, -0.05) is 36.4 Å². The summed E-state index contributed by atoms with van der Waals surface area (Å²) in [6.07, 6.45) is 0. The van der Waals surface area contributed by atoms with E-state index in [1.165, 1.54) is 0 Å². The summed E-state index contributed by atoms with van der Waals surface area (Å²) in [5.74, 6) is 2.81. The Morgan fingerprint density at radius 2 is 1.76 bits per heavy atom. The van der Waals surface area contributed by atoms with Crippen molar-refractivity contribution in [3.63, 3.8) is 0 Å². The maximum atomic E-state index is 5.71. The molecule has 0 atom stereocenters. The molecule has 0 fully saturated rings. The highest BCUT2D eigenvalue weighted by Crippen LogP contribution is 2.38. The fourth-order valence-electron chi connectivity index (χ4n) is 2.36. The molecule has 0 saturated carbocycles. The highest BCUT2D eigenvalue weighted by atomic mass is 16.6. The van der Waals surface area contributed by atoms with Crippen molar-refractivity contribution in [2.45, 2.75) is 0 Å². The maximum Gasteiger partial charge on any atom is 0.181 e. The maximum absolute atomic E-state index is 5.71. The van der Waals surface area contributed by atoms with E-state index in [1.807, 2.05) is 48.5 Å². The molecule has 1 aliphatic heterocycles. The number of hydrogen-bond acceptors (Lipinski definition) is 4. The van der Waals surface area contributed by atoms with Gasteiger partial charge in [0, 0.05) is 5.56 Å². The number of hydrogen-bond donors (Lipinski definition) is 1. The number of fused-ring (bicyclic) bond motifs is 1. The van der Waals surface area contributed by atoms with Gasteiger partial charge in [-0.3, -0.25) is 5.10 Å². The molecule has 1 aliphatic rings. The number of para-hydroxylation sites is 1. The highest BCUT2D eigenvalue weighted by molar-refractivity contribution is 5.70. The van der Waals surface area contributed by atoms with Crippen molar-refractivity contribution < 1.29 is 9.47 Å². The molecule has 2 heterocycles. The molecule has 1 aromatic heterocycles. The summed E-state index contributed by atoms with van der Waals surface area (Å²) in [5, 5.41) is 7.25. The average molecular weight is 279 g/mol. The number of aromatic amines is 1. The van der Waals surface area contributed by atoms with Gasteiger partial charge in [-0.05, 0) is 12.1 Å². The Morgan fingerprint density at radius 3 is 2.67 bits per heavy atom. The van der Waals surface area contributed by atoms with Crippen LogP contribution in [0.15, 0.2) is 48.5 Å². The van der Waals surface area contributed by atoms with Crippen molar-refractivity contribution in [3.05, 3.63) is 48.5 Å². The molecule has 2 aromatic carbocycles. The van der Waals surface area contributed by atoms with E-state index in [9.17, 15) is 0 Å². The molecule has 0 saturated heterocycles. The molecule has 0 amide bonds. The summed E-state index contributed by atoms with van der Waals surface area (Å²) in [6.45, 7) is 1.12. The fraction of sp³-hybridized carbons (Fsp3) is 0.125. The quantitative estimate of drug-likeness (QED) is 0.783. The lowest BCUT2D eigenvalue weighted by molar-refractivity contribution is 0.172. The van der Waals surface area contributed by atoms with Crippen LogP contribution in [0.5, 0.6) is 11.5 Å². The summed E-state index contributed by atoms with van der Waals surface area (Å²) in [6, 6.07) is 15.6. The first-order valence-electron chi connectivity index (χ1n) is 6.78. The van der Waals surface area contributed by atoms with Gasteiger partial charge in [-0.25, -0.2) is 4.98 Å². The smallest absolute Gasteiger partial charge is 0.181 e. The summed E-state index contributed by atoms with van der Waals surface area (Å²) in [4.78, 5) is 4.56. The SMILES string of the molecule is c1ccc(-c2n[nH]c(-c3cccc4c3OCCO4)n2)cc1. The molecule has 5 heteroatoms. The first-order valence-corrected chi connectivity index (χ1v) is 6.78. The lowest BCUT2D eigenvalue weighted by Gasteiger charge is -2.19. The van der Waals surface area contributed by atoms with Crippen molar-refractivity contribution in [3.8, 4) is 34.3 Å². The van der Waals surface area contributed by atoms with E-state index >= 15 is 0 Å². The van der Waals surface area contributed by atoms with E-state index in [1.54, 1.807) is 0 Å². The van der Waals surface area contributed by atoms with Gasteiger partial charge in [0.15, 0.2) is 23.1 Å². The molecule has 3 aromatic rings. The van der Waals surface area contributed by atoms with Crippen LogP contribution in [0, 0.1) is 0 Å². The molecule has 21 heavy (non-hydrogen) atoms. The zero-order valence-corrected chi connectivity index (χ0v) is 11.2. The largest absolute Gasteiger partial charge is 0.486 e. The number of aromatic nitrogens is 3. The third-order valence-electron chi connectivity index (χ3n) is 3.34. The molecule has 0 bridgehead atoms. The van der Waals surface area contributed by atoms with Crippen molar-refractivity contribution in [2.24, 2.45) is 0 Å².